The number of hydrogen-bond acceptors (Lipinski definition) is 3. The molecule has 1 saturated heterocycles. The van der Waals surface area contributed by atoms with Crippen LogP contribution in [0.2, 0.25) is 0 Å². The third-order valence-corrected chi connectivity index (χ3v) is 3.67. The van der Waals surface area contributed by atoms with Crippen molar-refractivity contribution in [3.8, 4) is 0 Å². The van der Waals surface area contributed by atoms with E-state index in [2.05, 4.69) is 30.9 Å². The van der Waals surface area contributed by atoms with Crippen LogP contribution in [-0.4, -0.2) is 19.6 Å². The first-order valence-electron chi connectivity index (χ1n) is 6.45. The van der Waals surface area contributed by atoms with E-state index in [0.717, 1.165) is 0 Å². The number of benzene rings is 1. The predicted molar refractivity (Wildman–Crippen MR) is 73.3 cm³/mol. The van der Waals surface area contributed by atoms with Crippen molar-refractivity contribution in [2.24, 2.45) is 11.5 Å². The SMILES string of the molecule is Cc1cc(N2CCCC2)cc(C)c1[C@@H](N)CN. The van der Waals surface area contributed by atoms with Crippen LogP contribution in [0.15, 0.2) is 12.1 Å². The highest BCUT2D eigenvalue weighted by Gasteiger charge is 2.16. The van der Waals surface area contributed by atoms with Gasteiger partial charge in [0.2, 0.25) is 0 Å². The first kappa shape index (κ1) is 12.4. The van der Waals surface area contributed by atoms with E-state index in [1.807, 2.05) is 0 Å². The summed E-state index contributed by atoms with van der Waals surface area (Å²) in [5.41, 5.74) is 16.8. The molecule has 3 nitrogen and oxygen atoms in total. The summed E-state index contributed by atoms with van der Waals surface area (Å²) in [6.45, 7) is 7.14. The highest BCUT2D eigenvalue weighted by Crippen LogP contribution is 2.28. The lowest BCUT2D eigenvalue weighted by Gasteiger charge is -2.23. The van der Waals surface area contributed by atoms with Crippen molar-refractivity contribution in [3.05, 3.63) is 28.8 Å². The number of nitrogens with zero attached hydrogens (tertiary/aromatic N) is 1. The van der Waals surface area contributed by atoms with Crippen molar-refractivity contribution in [2.75, 3.05) is 24.5 Å². The molecular formula is C14H23N3. The van der Waals surface area contributed by atoms with Crippen molar-refractivity contribution < 1.29 is 0 Å². The van der Waals surface area contributed by atoms with Crippen LogP contribution >= 0.6 is 0 Å². The van der Waals surface area contributed by atoms with Gasteiger partial charge in [0, 0.05) is 31.4 Å². The Morgan fingerprint density at radius 1 is 1.18 bits per heavy atom. The second kappa shape index (κ2) is 5.07. The van der Waals surface area contributed by atoms with Gasteiger partial charge in [-0.15, -0.1) is 0 Å². The molecule has 1 atom stereocenters. The Hall–Kier alpha value is -1.06. The van der Waals surface area contributed by atoms with E-state index in [1.54, 1.807) is 0 Å². The molecule has 4 N–H and O–H groups in total. The molecule has 0 aromatic heterocycles. The average Bonchev–Trinajstić information content (AvgIpc) is 2.81. The van der Waals surface area contributed by atoms with Crippen LogP contribution in [0.4, 0.5) is 5.69 Å². The summed E-state index contributed by atoms with van der Waals surface area (Å²) in [4.78, 5) is 2.46. The van der Waals surface area contributed by atoms with Crippen LogP contribution in [0.1, 0.15) is 35.6 Å². The minimum absolute atomic E-state index is 0.0392. The van der Waals surface area contributed by atoms with Gasteiger partial charge in [-0.25, -0.2) is 0 Å². The maximum atomic E-state index is 6.06. The van der Waals surface area contributed by atoms with E-state index in [-0.39, 0.29) is 6.04 Å². The highest BCUT2D eigenvalue weighted by atomic mass is 15.1. The summed E-state index contributed by atoms with van der Waals surface area (Å²) < 4.78 is 0. The number of hydrogen-bond donors (Lipinski definition) is 2. The molecule has 1 heterocycles. The van der Waals surface area contributed by atoms with E-state index in [0.29, 0.717) is 6.54 Å². The topological polar surface area (TPSA) is 55.3 Å². The fraction of sp³-hybridized carbons (Fsp3) is 0.571. The number of nitrogens with two attached hydrogens (primary N) is 2. The van der Waals surface area contributed by atoms with Crippen LogP contribution in [-0.2, 0) is 0 Å². The fourth-order valence-electron chi connectivity index (χ4n) is 2.81. The quantitative estimate of drug-likeness (QED) is 0.838. The standard InChI is InChI=1S/C14H23N3/c1-10-7-12(17-5-3-4-6-17)8-11(2)14(10)13(16)9-15/h7-8,13H,3-6,9,15-16H2,1-2H3/t13-/m0/s1. The number of rotatable bonds is 3. The zero-order chi connectivity index (χ0) is 12.4. The average molecular weight is 233 g/mol. The maximum Gasteiger partial charge on any atom is 0.0424 e. The Balaban J connectivity index is 2.33. The normalized spacial score (nSPS) is 17.5. The molecule has 1 aromatic carbocycles. The molecule has 1 aromatic rings. The molecule has 94 valence electrons. The monoisotopic (exact) mass is 233 g/mol. The van der Waals surface area contributed by atoms with Gasteiger partial charge in [0.1, 0.15) is 0 Å². The second-order valence-electron chi connectivity index (χ2n) is 5.03. The molecule has 0 saturated carbocycles. The van der Waals surface area contributed by atoms with Crippen LogP contribution in [0.25, 0.3) is 0 Å². The molecule has 0 spiro atoms. The van der Waals surface area contributed by atoms with Gasteiger partial charge in [-0.3, -0.25) is 0 Å². The maximum absolute atomic E-state index is 6.06. The van der Waals surface area contributed by atoms with E-state index >= 15 is 0 Å². The Morgan fingerprint density at radius 3 is 2.18 bits per heavy atom. The summed E-state index contributed by atoms with van der Waals surface area (Å²) in [5, 5.41) is 0. The Bertz CT molecular complexity index is 371. The van der Waals surface area contributed by atoms with Gasteiger partial charge in [0.25, 0.3) is 0 Å². The molecule has 17 heavy (non-hydrogen) atoms. The van der Waals surface area contributed by atoms with Crippen LogP contribution in [0, 0.1) is 13.8 Å². The minimum Gasteiger partial charge on any atom is -0.372 e. The smallest absolute Gasteiger partial charge is 0.0424 e. The summed E-state index contributed by atoms with van der Waals surface area (Å²) in [6.07, 6.45) is 2.62. The highest BCUT2D eigenvalue weighted by molar-refractivity contribution is 5.55. The van der Waals surface area contributed by atoms with Gasteiger partial charge in [0.05, 0.1) is 0 Å². The number of aryl methyl sites for hydroxylation is 2. The van der Waals surface area contributed by atoms with E-state index in [9.17, 15) is 0 Å². The Morgan fingerprint density at radius 2 is 1.71 bits per heavy atom. The van der Waals surface area contributed by atoms with Gasteiger partial charge in [-0.1, -0.05) is 0 Å². The molecule has 0 radical (unpaired) electrons. The van der Waals surface area contributed by atoms with Crippen molar-refractivity contribution in [2.45, 2.75) is 32.7 Å². The molecule has 0 aliphatic carbocycles. The van der Waals surface area contributed by atoms with Gasteiger partial charge in [-0.05, 0) is 55.5 Å². The molecule has 0 unspecified atom stereocenters. The molecule has 0 bridgehead atoms. The molecule has 1 aliphatic rings. The summed E-state index contributed by atoms with van der Waals surface area (Å²) in [7, 11) is 0. The third-order valence-electron chi connectivity index (χ3n) is 3.67. The summed E-state index contributed by atoms with van der Waals surface area (Å²) >= 11 is 0. The van der Waals surface area contributed by atoms with E-state index in [1.165, 1.54) is 48.3 Å². The summed E-state index contributed by atoms with van der Waals surface area (Å²) in [6, 6.07) is 4.47. The lowest BCUT2D eigenvalue weighted by atomic mass is 9.95. The van der Waals surface area contributed by atoms with Crippen molar-refractivity contribution in [3.63, 3.8) is 0 Å². The van der Waals surface area contributed by atoms with Gasteiger partial charge in [-0.2, -0.15) is 0 Å². The first-order chi connectivity index (χ1) is 8.13. The molecular weight excluding hydrogens is 210 g/mol. The zero-order valence-electron chi connectivity index (χ0n) is 10.9. The van der Waals surface area contributed by atoms with Gasteiger partial charge < -0.3 is 16.4 Å². The van der Waals surface area contributed by atoms with Crippen molar-refractivity contribution >= 4 is 5.69 Å². The van der Waals surface area contributed by atoms with E-state index < -0.39 is 0 Å². The molecule has 3 heteroatoms. The summed E-state index contributed by atoms with van der Waals surface area (Å²) in [5.74, 6) is 0. The fourth-order valence-corrected chi connectivity index (χ4v) is 2.81. The minimum atomic E-state index is -0.0392. The van der Waals surface area contributed by atoms with Crippen LogP contribution in [0.5, 0.6) is 0 Å². The van der Waals surface area contributed by atoms with E-state index in [4.69, 9.17) is 11.5 Å². The Kier molecular flexibility index (Phi) is 3.69. The van der Waals surface area contributed by atoms with Crippen molar-refractivity contribution in [1.29, 1.82) is 0 Å². The molecule has 1 fully saturated rings. The molecule has 1 aliphatic heterocycles. The Labute approximate surface area is 104 Å². The largest absolute Gasteiger partial charge is 0.372 e. The van der Waals surface area contributed by atoms with Gasteiger partial charge >= 0.3 is 0 Å². The van der Waals surface area contributed by atoms with Crippen LogP contribution < -0.4 is 16.4 Å². The third kappa shape index (κ3) is 2.45. The molecule has 2 rings (SSSR count). The first-order valence-corrected chi connectivity index (χ1v) is 6.45. The van der Waals surface area contributed by atoms with Crippen LogP contribution in [0.3, 0.4) is 0 Å². The molecule has 0 amide bonds. The zero-order valence-corrected chi connectivity index (χ0v) is 10.9. The lowest BCUT2D eigenvalue weighted by Crippen LogP contribution is -2.23. The number of anilines is 1. The predicted octanol–water partition coefficient (Wildman–Crippen LogP) is 1.86. The second-order valence-corrected chi connectivity index (χ2v) is 5.03. The van der Waals surface area contributed by atoms with Crippen molar-refractivity contribution in [1.82, 2.24) is 0 Å². The lowest BCUT2D eigenvalue weighted by molar-refractivity contribution is 0.725. The van der Waals surface area contributed by atoms with Gasteiger partial charge in [0.15, 0.2) is 0 Å².